The molecule has 0 aromatic heterocycles. The Hall–Kier alpha value is -0.500. The van der Waals surface area contributed by atoms with Crippen molar-refractivity contribution in [3.63, 3.8) is 0 Å². The second kappa shape index (κ2) is 3.94. The van der Waals surface area contributed by atoms with E-state index in [2.05, 4.69) is 37.3 Å². The van der Waals surface area contributed by atoms with Gasteiger partial charge in [-0.2, -0.15) is 0 Å². The van der Waals surface area contributed by atoms with E-state index in [1.54, 1.807) is 0 Å². The van der Waals surface area contributed by atoms with Crippen molar-refractivity contribution >= 4 is 0 Å². The first-order valence-electron chi connectivity index (χ1n) is 4.73. The zero-order valence-electron chi connectivity index (χ0n) is 8.51. The van der Waals surface area contributed by atoms with Gasteiger partial charge in [-0.05, 0) is 13.0 Å². The fourth-order valence-corrected chi connectivity index (χ4v) is 1.46. The van der Waals surface area contributed by atoms with Crippen molar-refractivity contribution < 1.29 is 0 Å². The molecule has 0 saturated carbocycles. The van der Waals surface area contributed by atoms with Crippen molar-refractivity contribution in [3.05, 3.63) is 12.3 Å². The summed E-state index contributed by atoms with van der Waals surface area (Å²) >= 11 is 0. The Morgan fingerprint density at radius 2 is 1.67 bits per heavy atom. The maximum atomic E-state index is 4.11. The van der Waals surface area contributed by atoms with Gasteiger partial charge in [-0.1, -0.05) is 20.4 Å². The molecule has 0 atom stereocenters. The number of hydrogen-bond donors (Lipinski definition) is 0. The highest BCUT2D eigenvalue weighted by atomic mass is 15.2. The third kappa shape index (κ3) is 2.24. The van der Waals surface area contributed by atoms with Crippen molar-refractivity contribution in [2.75, 3.05) is 33.2 Å². The predicted octanol–water partition coefficient (Wildman–Crippen LogP) is 1.40. The molecule has 2 heteroatoms. The Bertz CT molecular complexity index is 155. The van der Waals surface area contributed by atoms with Gasteiger partial charge in [-0.3, -0.25) is 0 Å². The molecule has 12 heavy (non-hydrogen) atoms. The summed E-state index contributed by atoms with van der Waals surface area (Å²) in [6.07, 6.45) is 0. The first kappa shape index (κ1) is 9.59. The molecule has 0 spiro atoms. The van der Waals surface area contributed by atoms with Crippen LogP contribution in [0.3, 0.4) is 0 Å². The number of piperazine rings is 1. The molecular formula is C10H20N2. The van der Waals surface area contributed by atoms with Crippen LogP contribution in [0, 0.1) is 5.92 Å². The molecule has 0 aliphatic carbocycles. The van der Waals surface area contributed by atoms with Gasteiger partial charge in [0.1, 0.15) is 0 Å². The minimum absolute atomic E-state index is 0.591. The number of hydrogen-bond acceptors (Lipinski definition) is 2. The summed E-state index contributed by atoms with van der Waals surface area (Å²) in [7, 11) is 2.18. The maximum Gasteiger partial charge on any atom is 0.0303 e. The van der Waals surface area contributed by atoms with Gasteiger partial charge in [0.2, 0.25) is 0 Å². The van der Waals surface area contributed by atoms with E-state index in [4.69, 9.17) is 0 Å². The number of nitrogens with zero attached hydrogens (tertiary/aromatic N) is 2. The van der Waals surface area contributed by atoms with E-state index in [9.17, 15) is 0 Å². The van der Waals surface area contributed by atoms with E-state index < -0.39 is 0 Å². The van der Waals surface area contributed by atoms with Gasteiger partial charge in [0.05, 0.1) is 0 Å². The standard InChI is InChI=1S/C10H20N2/c1-9(2)10(3)12-7-5-11(4)6-8-12/h9H,3,5-8H2,1-2,4H3. The molecule has 2 nitrogen and oxygen atoms in total. The topological polar surface area (TPSA) is 6.48 Å². The molecule has 0 N–H and O–H groups in total. The molecule has 1 rings (SSSR count). The highest BCUT2D eigenvalue weighted by Crippen LogP contribution is 2.14. The van der Waals surface area contributed by atoms with E-state index in [1.165, 1.54) is 18.8 Å². The van der Waals surface area contributed by atoms with E-state index >= 15 is 0 Å². The van der Waals surface area contributed by atoms with Crippen LogP contribution in [0.1, 0.15) is 13.8 Å². The molecule has 1 heterocycles. The van der Waals surface area contributed by atoms with E-state index in [0.29, 0.717) is 5.92 Å². The van der Waals surface area contributed by atoms with Crippen LogP contribution in [0.2, 0.25) is 0 Å². The molecular weight excluding hydrogens is 148 g/mol. The fourth-order valence-electron chi connectivity index (χ4n) is 1.46. The molecule has 70 valence electrons. The van der Waals surface area contributed by atoms with Crippen LogP contribution < -0.4 is 0 Å². The van der Waals surface area contributed by atoms with Gasteiger partial charge >= 0.3 is 0 Å². The first-order chi connectivity index (χ1) is 5.61. The quantitative estimate of drug-likeness (QED) is 0.615. The molecule has 0 amide bonds. The van der Waals surface area contributed by atoms with Crippen LogP contribution in [-0.4, -0.2) is 43.0 Å². The molecule has 1 saturated heterocycles. The predicted molar refractivity (Wildman–Crippen MR) is 53.0 cm³/mol. The monoisotopic (exact) mass is 168 g/mol. The SMILES string of the molecule is C=C(C(C)C)N1CCN(C)CC1. The Morgan fingerprint density at radius 3 is 2.08 bits per heavy atom. The highest BCUT2D eigenvalue weighted by Gasteiger charge is 2.16. The van der Waals surface area contributed by atoms with Gasteiger partial charge in [0.15, 0.2) is 0 Å². The Morgan fingerprint density at radius 1 is 1.17 bits per heavy atom. The average molecular weight is 168 g/mol. The van der Waals surface area contributed by atoms with Gasteiger partial charge in [-0.15, -0.1) is 0 Å². The molecule has 1 aliphatic heterocycles. The summed E-state index contributed by atoms with van der Waals surface area (Å²) in [5.41, 5.74) is 1.29. The van der Waals surface area contributed by atoms with Crippen LogP contribution in [0.15, 0.2) is 12.3 Å². The van der Waals surface area contributed by atoms with Crippen LogP contribution in [-0.2, 0) is 0 Å². The normalized spacial score (nSPS) is 20.2. The number of likely N-dealkylation sites (N-methyl/N-ethyl adjacent to an activating group) is 1. The minimum atomic E-state index is 0.591. The number of allylic oxidation sites excluding steroid dienone is 1. The van der Waals surface area contributed by atoms with Crippen molar-refractivity contribution in [2.45, 2.75) is 13.8 Å². The highest BCUT2D eigenvalue weighted by molar-refractivity contribution is 4.98. The molecule has 0 aromatic rings. The van der Waals surface area contributed by atoms with Crippen LogP contribution >= 0.6 is 0 Å². The summed E-state index contributed by atoms with van der Waals surface area (Å²) in [6, 6.07) is 0. The lowest BCUT2D eigenvalue weighted by molar-refractivity contribution is 0.176. The maximum absolute atomic E-state index is 4.11. The van der Waals surface area contributed by atoms with Gasteiger partial charge < -0.3 is 9.80 Å². The lowest BCUT2D eigenvalue weighted by Crippen LogP contribution is -2.44. The molecule has 0 unspecified atom stereocenters. The summed E-state index contributed by atoms with van der Waals surface area (Å²) in [4.78, 5) is 4.77. The third-order valence-electron chi connectivity index (χ3n) is 2.58. The summed E-state index contributed by atoms with van der Waals surface area (Å²) < 4.78 is 0. The van der Waals surface area contributed by atoms with Crippen molar-refractivity contribution in [3.8, 4) is 0 Å². The Kier molecular flexibility index (Phi) is 3.15. The molecule has 1 fully saturated rings. The van der Waals surface area contributed by atoms with Crippen molar-refractivity contribution in [2.24, 2.45) is 5.92 Å². The average Bonchev–Trinajstić information content (AvgIpc) is 2.04. The fraction of sp³-hybridized carbons (Fsp3) is 0.800. The minimum Gasteiger partial charge on any atom is -0.373 e. The first-order valence-corrected chi connectivity index (χ1v) is 4.73. The van der Waals surface area contributed by atoms with Gasteiger partial charge in [0.25, 0.3) is 0 Å². The Labute approximate surface area is 75.8 Å². The smallest absolute Gasteiger partial charge is 0.0303 e. The second-order valence-electron chi connectivity index (χ2n) is 3.94. The zero-order chi connectivity index (χ0) is 9.14. The van der Waals surface area contributed by atoms with Crippen molar-refractivity contribution in [1.29, 1.82) is 0 Å². The lowest BCUT2D eigenvalue weighted by atomic mass is 10.1. The van der Waals surface area contributed by atoms with Gasteiger partial charge in [0, 0.05) is 31.9 Å². The van der Waals surface area contributed by atoms with Crippen LogP contribution in [0.5, 0.6) is 0 Å². The molecule has 0 radical (unpaired) electrons. The van der Waals surface area contributed by atoms with E-state index in [1.807, 2.05) is 0 Å². The molecule has 0 aromatic carbocycles. The lowest BCUT2D eigenvalue weighted by Gasteiger charge is -2.36. The summed E-state index contributed by atoms with van der Waals surface area (Å²) in [6.45, 7) is 13.2. The van der Waals surface area contributed by atoms with E-state index in [0.717, 1.165) is 13.1 Å². The molecule has 0 bridgehead atoms. The largest absolute Gasteiger partial charge is 0.373 e. The summed E-state index contributed by atoms with van der Waals surface area (Å²) in [5, 5.41) is 0. The van der Waals surface area contributed by atoms with E-state index in [-0.39, 0.29) is 0 Å². The zero-order valence-corrected chi connectivity index (χ0v) is 8.51. The number of rotatable bonds is 2. The van der Waals surface area contributed by atoms with Crippen LogP contribution in [0.4, 0.5) is 0 Å². The van der Waals surface area contributed by atoms with Crippen LogP contribution in [0.25, 0.3) is 0 Å². The van der Waals surface area contributed by atoms with Gasteiger partial charge in [-0.25, -0.2) is 0 Å². The Balaban J connectivity index is 2.39. The second-order valence-corrected chi connectivity index (χ2v) is 3.94. The van der Waals surface area contributed by atoms with Crippen molar-refractivity contribution in [1.82, 2.24) is 9.80 Å². The molecule has 1 aliphatic rings. The summed E-state index contributed by atoms with van der Waals surface area (Å²) in [5.74, 6) is 0.591. The third-order valence-corrected chi connectivity index (χ3v) is 2.58.